The standard InChI is InChI=1S/C16H34N2/c1-6-11-17-16(13(3)7-2)12-18-14(4)9-8-10-15(18)5/h13-17H,6-12H2,1-5H3/t13?,14-,15+,16?. The normalized spacial score (nSPS) is 29.2. The third-order valence-corrected chi connectivity index (χ3v) is 4.77. The molecule has 0 aliphatic carbocycles. The van der Waals surface area contributed by atoms with E-state index in [4.69, 9.17) is 0 Å². The molecule has 1 heterocycles. The summed E-state index contributed by atoms with van der Waals surface area (Å²) >= 11 is 0. The van der Waals surface area contributed by atoms with Crippen molar-refractivity contribution >= 4 is 0 Å². The molecule has 0 aromatic carbocycles. The Kier molecular flexibility index (Phi) is 7.25. The molecule has 0 aromatic heterocycles. The van der Waals surface area contributed by atoms with Gasteiger partial charge in [-0.1, -0.05) is 33.6 Å². The van der Waals surface area contributed by atoms with E-state index in [1.165, 1.54) is 38.6 Å². The van der Waals surface area contributed by atoms with Crippen LogP contribution in [0.1, 0.15) is 66.7 Å². The first-order valence-corrected chi connectivity index (χ1v) is 8.09. The van der Waals surface area contributed by atoms with E-state index in [1.807, 2.05) is 0 Å². The van der Waals surface area contributed by atoms with Crippen LogP contribution >= 0.6 is 0 Å². The predicted octanol–water partition coefficient (Wildman–Crippen LogP) is 3.66. The lowest BCUT2D eigenvalue weighted by Gasteiger charge is -2.42. The van der Waals surface area contributed by atoms with Gasteiger partial charge in [-0.2, -0.15) is 0 Å². The van der Waals surface area contributed by atoms with Gasteiger partial charge >= 0.3 is 0 Å². The highest BCUT2D eigenvalue weighted by atomic mass is 15.2. The number of nitrogens with zero attached hydrogens (tertiary/aromatic N) is 1. The minimum Gasteiger partial charge on any atom is -0.312 e. The van der Waals surface area contributed by atoms with Gasteiger partial charge in [0.15, 0.2) is 0 Å². The van der Waals surface area contributed by atoms with E-state index in [0.717, 1.165) is 24.5 Å². The van der Waals surface area contributed by atoms with Crippen LogP contribution in [0.3, 0.4) is 0 Å². The highest BCUT2D eigenvalue weighted by molar-refractivity contribution is 4.85. The highest BCUT2D eigenvalue weighted by Crippen LogP contribution is 2.24. The van der Waals surface area contributed by atoms with Gasteiger partial charge in [0.25, 0.3) is 0 Å². The number of hydrogen-bond donors (Lipinski definition) is 1. The Morgan fingerprint density at radius 3 is 2.28 bits per heavy atom. The first kappa shape index (κ1) is 16.0. The molecule has 0 aromatic rings. The highest BCUT2D eigenvalue weighted by Gasteiger charge is 2.28. The molecule has 0 amide bonds. The van der Waals surface area contributed by atoms with E-state index in [1.54, 1.807) is 0 Å². The summed E-state index contributed by atoms with van der Waals surface area (Å²) in [5.74, 6) is 0.776. The molecule has 0 spiro atoms. The molecule has 1 aliphatic heterocycles. The van der Waals surface area contributed by atoms with E-state index in [-0.39, 0.29) is 0 Å². The third kappa shape index (κ3) is 4.55. The lowest BCUT2D eigenvalue weighted by molar-refractivity contribution is 0.0815. The van der Waals surface area contributed by atoms with Gasteiger partial charge in [-0.15, -0.1) is 0 Å². The maximum atomic E-state index is 3.77. The second-order valence-corrected chi connectivity index (χ2v) is 6.27. The van der Waals surface area contributed by atoms with Gasteiger partial charge in [0.2, 0.25) is 0 Å². The monoisotopic (exact) mass is 254 g/mol. The Labute approximate surface area is 115 Å². The van der Waals surface area contributed by atoms with Crippen LogP contribution in [0.5, 0.6) is 0 Å². The van der Waals surface area contributed by atoms with Crippen LogP contribution in [-0.2, 0) is 0 Å². The number of rotatable bonds is 7. The maximum absolute atomic E-state index is 3.77. The SMILES string of the molecule is CCCNC(CN1[C@H](C)CCC[C@@H]1C)C(C)CC. The number of piperidine rings is 1. The van der Waals surface area contributed by atoms with Crippen LogP contribution < -0.4 is 5.32 Å². The van der Waals surface area contributed by atoms with E-state index in [0.29, 0.717) is 6.04 Å². The molecule has 1 rings (SSSR count). The average Bonchev–Trinajstić information content (AvgIpc) is 2.36. The zero-order chi connectivity index (χ0) is 13.5. The number of nitrogens with one attached hydrogen (secondary N) is 1. The van der Waals surface area contributed by atoms with Crippen molar-refractivity contribution in [3.05, 3.63) is 0 Å². The second-order valence-electron chi connectivity index (χ2n) is 6.27. The Hall–Kier alpha value is -0.0800. The van der Waals surface area contributed by atoms with Crippen molar-refractivity contribution < 1.29 is 0 Å². The Balaban J connectivity index is 2.56. The fourth-order valence-corrected chi connectivity index (χ4v) is 3.12. The molecule has 0 radical (unpaired) electrons. The summed E-state index contributed by atoms with van der Waals surface area (Å²) in [6, 6.07) is 2.20. The van der Waals surface area contributed by atoms with Gasteiger partial charge in [-0.05, 0) is 45.6 Å². The summed E-state index contributed by atoms with van der Waals surface area (Å²) in [5, 5.41) is 3.77. The number of likely N-dealkylation sites (tertiary alicyclic amines) is 1. The van der Waals surface area contributed by atoms with Crippen molar-refractivity contribution in [1.29, 1.82) is 0 Å². The molecule has 2 heteroatoms. The summed E-state index contributed by atoms with van der Waals surface area (Å²) in [5.41, 5.74) is 0. The lowest BCUT2D eigenvalue weighted by atomic mass is 9.93. The topological polar surface area (TPSA) is 15.3 Å². The zero-order valence-corrected chi connectivity index (χ0v) is 13.2. The zero-order valence-electron chi connectivity index (χ0n) is 13.2. The summed E-state index contributed by atoms with van der Waals surface area (Å²) in [6.07, 6.45) is 6.68. The van der Waals surface area contributed by atoms with Crippen molar-refractivity contribution in [2.24, 2.45) is 5.92 Å². The van der Waals surface area contributed by atoms with Crippen LogP contribution in [0.15, 0.2) is 0 Å². The van der Waals surface area contributed by atoms with Gasteiger partial charge in [0.05, 0.1) is 0 Å². The molecule has 0 saturated carbocycles. The minimum absolute atomic E-state index is 0.665. The van der Waals surface area contributed by atoms with Crippen molar-refractivity contribution in [2.75, 3.05) is 13.1 Å². The second kappa shape index (κ2) is 8.16. The molecule has 18 heavy (non-hydrogen) atoms. The smallest absolute Gasteiger partial charge is 0.0220 e. The van der Waals surface area contributed by atoms with Crippen LogP contribution in [-0.4, -0.2) is 36.1 Å². The molecule has 1 N–H and O–H groups in total. The van der Waals surface area contributed by atoms with Gasteiger partial charge in [-0.25, -0.2) is 0 Å². The molecule has 0 bridgehead atoms. The van der Waals surface area contributed by atoms with Gasteiger partial charge < -0.3 is 5.32 Å². The quantitative estimate of drug-likeness (QED) is 0.746. The fourth-order valence-electron chi connectivity index (χ4n) is 3.12. The van der Waals surface area contributed by atoms with E-state index < -0.39 is 0 Å². The van der Waals surface area contributed by atoms with Crippen molar-refractivity contribution in [2.45, 2.75) is 84.8 Å². The van der Waals surface area contributed by atoms with E-state index >= 15 is 0 Å². The van der Waals surface area contributed by atoms with Gasteiger partial charge in [0, 0.05) is 24.7 Å². The largest absolute Gasteiger partial charge is 0.312 e. The molecule has 1 fully saturated rings. The summed E-state index contributed by atoms with van der Waals surface area (Å²) in [7, 11) is 0. The first-order valence-electron chi connectivity index (χ1n) is 8.09. The Morgan fingerprint density at radius 1 is 1.17 bits per heavy atom. The maximum Gasteiger partial charge on any atom is 0.0220 e. The molecule has 1 saturated heterocycles. The van der Waals surface area contributed by atoms with Gasteiger partial charge in [0.1, 0.15) is 0 Å². The molecule has 2 nitrogen and oxygen atoms in total. The molecule has 108 valence electrons. The summed E-state index contributed by atoms with van der Waals surface area (Å²) in [6.45, 7) is 14.2. The van der Waals surface area contributed by atoms with Gasteiger partial charge in [-0.3, -0.25) is 4.90 Å². The van der Waals surface area contributed by atoms with Crippen LogP contribution in [0.25, 0.3) is 0 Å². The minimum atomic E-state index is 0.665. The van der Waals surface area contributed by atoms with Crippen molar-refractivity contribution in [3.8, 4) is 0 Å². The van der Waals surface area contributed by atoms with E-state index in [2.05, 4.69) is 44.8 Å². The average molecular weight is 254 g/mol. The molecule has 1 aliphatic rings. The first-order chi connectivity index (χ1) is 8.60. The molecule has 2 unspecified atom stereocenters. The summed E-state index contributed by atoms with van der Waals surface area (Å²) in [4.78, 5) is 2.74. The van der Waals surface area contributed by atoms with Crippen LogP contribution in [0.2, 0.25) is 0 Å². The molecule has 4 atom stereocenters. The fraction of sp³-hybridized carbons (Fsp3) is 1.00. The lowest BCUT2D eigenvalue weighted by Crippen LogP contribution is -2.52. The van der Waals surface area contributed by atoms with E-state index in [9.17, 15) is 0 Å². The van der Waals surface area contributed by atoms with Crippen LogP contribution in [0, 0.1) is 5.92 Å². The van der Waals surface area contributed by atoms with Crippen LogP contribution in [0.4, 0.5) is 0 Å². The Bertz CT molecular complexity index is 207. The molecular weight excluding hydrogens is 220 g/mol. The predicted molar refractivity (Wildman–Crippen MR) is 81.0 cm³/mol. The summed E-state index contributed by atoms with van der Waals surface area (Å²) < 4.78 is 0. The molecular formula is C16H34N2. The van der Waals surface area contributed by atoms with Crippen molar-refractivity contribution in [3.63, 3.8) is 0 Å². The van der Waals surface area contributed by atoms with Crippen molar-refractivity contribution in [1.82, 2.24) is 10.2 Å². The Morgan fingerprint density at radius 2 is 1.78 bits per heavy atom. The third-order valence-electron chi connectivity index (χ3n) is 4.77. The number of hydrogen-bond acceptors (Lipinski definition) is 2.